The van der Waals surface area contributed by atoms with Crippen molar-refractivity contribution in [2.75, 3.05) is 37.0 Å². The topological polar surface area (TPSA) is 61.9 Å². The minimum atomic E-state index is -0.372. The van der Waals surface area contributed by atoms with Gasteiger partial charge < -0.3 is 15.0 Å². The monoisotopic (exact) mass is 343 g/mol. The Balaban J connectivity index is 1.59. The van der Waals surface area contributed by atoms with Gasteiger partial charge in [0.25, 0.3) is 0 Å². The van der Waals surface area contributed by atoms with Gasteiger partial charge in [0.2, 0.25) is 5.91 Å². The molecule has 0 aliphatic carbocycles. The van der Waals surface area contributed by atoms with Crippen molar-refractivity contribution in [3.63, 3.8) is 0 Å². The second-order valence-corrected chi connectivity index (χ2v) is 5.61. The fourth-order valence-electron chi connectivity index (χ4n) is 2.64. The van der Waals surface area contributed by atoms with Gasteiger partial charge in [-0.1, -0.05) is 0 Å². The Kier molecular flexibility index (Phi) is 4.83. The van der Waals surface area contributed by atoms with Crippen LogP contribution < -0.4 is 15.0 Å². The zero-order valence-corrected chi connectivity index (χ0v) is 13.7. The first-order chi connectivity index (χ1) is 12.1. The number of benzene rings is 2. The van der Waals surface area contributed by atoms with Gasteiger partial charge in [0.1, 0.15) is 18.1 Å². The van der Waals surface area contributed by atoms with Gasteiger partial charge in [0.05, 0.1) is 7.11 Å². The predicted octanol–water partition coefficient (Wildman–Crippen LogP) is 2.72. The number of hydrogen-bond donors (Lipinski definition) is 1. The number of carbonyl (C=O) groups excluding carboxylic acids is 2. The van der Waals surface area contributed by atoms with E-state index in [1.165, 1.54) is 29.2 Å². The molecule has 2 aromatic rings. The standard InChI is InChI=1S/C18H18FN3O3/c1-25-16-8-6-15(7-9-16)22-11-10-21(18(22)24)12-17(23)20-14-4-2-13(19)3-5-14/h2-9H,10-12H2,1H3,(H,20,23). The normalized spacial score (nSPS) is 13.9. The number of anilines is 2. The molecule has 1 aliphatic rings. The molecule has 1 heterocycles. The van der Waals surface area contributed by atoms with E-state index in [4.69, 9.17) is 4.74 Å². The first-order valence-corrected chi connectivity index (χ1v) is 7.83. The van der Waals surface area contributed by atoms with E-state index in [0.717, 1.165) is 5.69 Å². The van der Waals surface area contributed by atoms with Crippen LogP contribution in [0.25, 0.3) is 0 Å². The number of methoxy groups -OCH3 is 1. The van der Waals surface area contributed by atoms with E-state index in [9.17, 15) is 14.0 Å². The highest BCUT2D eigenvalue weighted by molar-refractivity contribution is 5.99. The van der Waals surface area contributed by atoms with Crippen molar-refractivity contribution in [1.82, 2.24) is 4.90 Å². The van der Waals surface area contributed by atoms with E-state index >= 15 is 0 Å². The zero-order valence-electron chi connectivity index (χ0n) is 13.7. The van der Waals surface area contributed by atoms with Crippen molar-refractivity contribution in [3.05, 3.63) is 54.3 Å². The minimum absolute atomic E-state index is 0.0527. The molecule has 1 fully saturated rings. The summed E-state index contributed by atoms with van der Waals surface area (Å²) in [6.45, 7) is 0.916. The van der Waals surface area contributed by atoms with E-state index in [1.54, 1.807) is 36.3 Å². The highest BCUT2D eigenvalue weighted by atomic mass is 19.1. The molecule has 0 bridgehead atoms. The number of rotatable bonds is 5. The van der Waals surface area contributed by atoms with Crippen LogP contribution in [0.15, 0.2) is 48.5 Å². The van der Waals surface area contributed by atoms with Crippen molar-refractivity contribution in [3.8, 4) is 5.75 Å². The van der Waals surface area contributed by atoms with E-state index < -0.39 is 0 Å². The van der Waals surface area contributed by atoms with E-state index in [1.807, 2.05) is 0 Å². The molecule has 0 unspecified atom stereocenters. The number of urea groups is 1. The van der Waals surface area contributed by atoms with Crippen LogP contribution in [0.3, 0.4) is 0 Å². The van der Waals surface area contributed by atoms with Crippen LogP contribution in [0.5, 0.6) is 5.75 Å². The second-order valence-electron chi connectivity index (χ2n) is 5.61. The Morgan fingerprint density at radius 3 is 2.44 bits per heavy atom. The maximum absolute atomic E-state index is 12.9. The number of nitrogens with one attached hydrogen (secondary N) is 1. The van der Waals surface area contributed by atoms with Gasteiger partial charge in [0, 0.05) is 24.5 Å². The van der Waals surface area contributed by atoms with E-state index in [0.29, 0.717) is 24.5 Å². The summed E-state index contributed by atoms with van der Waals surface area (Å²) in [6, 6.07) is 12.4. The molecule has 7 heteroatoms. The van der Waals surface area contributed by atoms with Crippen molar-refractivity contribution in [2.45, 2.75) is 0 Å². The summed E-state index contributed by atoms with van der Waals surface area (Å²) in [4.78, 5) is 27.7. The molecule has 130 valence electrons. The minimum Gasteiger partial charge on any atom is -0.497 e. The second kappa shape index (κ2) is 7.21. The van der Waals surface area contributed by atoms with Crippen LogP contribution in [0, 0.1) is 5.82 Å². The van der Waals surface area contributed by atoms with Crippen LogP contribution in [0.1, 0.15) is 0 Å². The van der Waals surface area contributed by atoms with E-state index in [-0.39, 0.29) is 24.3 Å². The summed E-state index contributed by atoms with van der Waals surface area (Å²) in [5.41, 5.74) is 1.25. The molecule has 1 aliphatic heterocycles. The maximum Gasteiger partial charge on any atom is 0.325 e. The van der Waals surface area contributed by atoms with Gasteiger partial charge in [0.15, 0.2) is 0 Å². The maximum atomic E-state index is 12.9. The number of carbonyl (C=O) groups is 2. The molecule has 1 N–H and O–H groups in total. The predicted molar refractivity (Wildman–Crippen MR) is 92.3 cm³/mol. The lowest BCUT2D eigenvalue weighted by Crippen LogP contribution is -2.37. The summed E-state index contributed by atoms with van der Waals surface area (Å²) < 4.78 is 18.0. The molecule has 25 heavy (non-hydrogen) atoms. The number of halogens is 1. The van der Waals surface area contributed by atoms with Gasteiger partial charge >= 0.3 is 6.03 Å². The molecule has 2 aromatic carbocycles. The molecule has 0 radical (unpaired) electrons. The molecule has 6 nitrogen and oxygen atoms in total. The Bertz CT molecular complexity index is 762. The van der Waals surface area contributed by atoms with E-state index in [2.05, 4.69) is 5.32 Å². The quantitative estimate of drug-likeness (QED) is 0.908. The number of hydrogen-bond acceptors (Lipinski definition) is 3. The lowest BCUT2D eigenvalue weighted by atomic mass is 10.3. The van der Waals surface area contributed by atoms with Crippen LogP contribution in [0.4, 0.5) is 20.6 Å². The zero-order chi connectivity index (χ0) is 17.8. The summed E-state index contributed by atoms with van der Waals surface area (Å²) in [5.74, 6) is 0.0188. The first kappa shape index (κ1) is 16.8. The number of amides is 3. The third-order valence-electron chi connectivity index (χ3n) is 3.94. The van der Waals surface area contributed by atoms with Crippen molar-refractivity contribution < 1.29 is 18.7 Å². The molecule has 0 aromatic heterocycles. The smallest absolute Gasteiger partial charge is 0.325 e. The van der Waals surface area contributed by atoms with Gasteiger partial charge in [-0.05, 0) is 48.5 Å². The molecule has 1 saturated heterocycles. The van der Waals surface area contributed by atoms with Crippen LogP contribution >= 0.6 is 0 Å². The molecule has 0 atom stereocenters. The molecule has 0 saturated carbocycles. The lowest BCUT2D eigenvalue weighted by molar-refractivity contribution is -0.116. The van der Waals surface area contributed by atoms with Crippen molar-refractivity contribution in [2.24, 2.45) is 0 Å². The summed E-state index contributed by atoms with van der Waals surface area (Å²) in [5, 5.41) is 2.65. The van der Waals surface area contributed by atoms with Gasteiger partial charge in [-0.2, -0.15) is 0 Å². The number of ether oxygens (including phenoxy) is 1. The van der Waals surface area contributed by atoms with Crippen molar-refractivity contribution >= 4 is 23.3 Å². The Labute approximate surface area is 144 Å². The van der Waals surface area contributed by atoms with Gasteiger partial charge in [-0.3, -0.25) is 9.69 Å². The fourth-order valence-corrected chi connectivity index (χ4v) is 2.64. The largest absolute Gasteiger partial charge is 0.497 e. The third kappa shape index (κ3) is 3.88. The Morgan fingerprint density at radius 2 is 1.80 bits per heavy atom. The summed E-state index contributed by atoms with van der Waals surface area (Å²) in [6.07, 6.45) is 0. The third-order valence-corrected chi connectivity index (χ3v) is 3.94. The highest BCUT2D eigenvalue weighted by Gasteiger charge is 2.30. The van der Waals surface area contributed by atoms with Gasteiger partial charge in [-0.15, -0.1) is 0 Å². The average Bonchev–Trinajstić information content (AvgIpc) is 2.97. The SMILES string of the molecule is COc1ccc(N2CCN(CC(=O)Nc3ccc(F)cc3)C2=O)cc1. The molecule has 3 amide bonds. The fraction of sp³-hybridized carbons (Fsp3) is 0.222. The summed E-state index contributed by atoms with van der Waals surface area (Å²) in [7, 11) is 1.58. The lowest BCUT2D eigenvalue weighted by Gasteiger charge is -2.18. The molecule has 3 rings (SSSR count). The van der Waals surface area contributed by atoms with Crippen LogP contribution in [-0.4, -0.2) is 43.6 Å². The molecular weight excluding hydrogens is 325 g/mol. The van der Waals surface area contributed by atoms with Crippen molar-refractivity contribution in [1.29, 1.82) is 0 Å². The molecular formula is C18H18FN3O3. The Morgan fingerprint density at radius 1 is 1.12 bits per heavy atom. The molecule has 0 spiro atoms. The van der Waals surface area contributed by atoms with Crippen LogP contribution in [-0.2, 0) is 4.79 Å². The average molecular weight is 343 g/mol. The number of nitrogens with zero attached hydrogens (tertiary/aromatic N) is 2. The summed E-state index contributed by atoms with van der Waals surface area (Å²) >= 11 is 0. The van der Waals surface area contributed by atoms with Gasteiger partial charge in [-0.25, -0.2) is 9.18 Å². The first-order valence-electron chi connectivity index (χ1n) is 7.83. The Hall–Kier alpha value is -3.09. The van der Waals surface area contributed by atoms with Crippen LogP contribution in [0.2, 0.25) is 0 Å². The highest BCUT2D eigenvalue weighted by Crippen LogP contribution is 2.23.